The molecule has 1 aromatic rings. The van der Waals surface area contributed by atoms with E-state index in [1.54, 1.807) is 0 Å². The van der Waals surface area contributed by atoms with Gasteiger partial charge in [-0.15, -0.1) is 0 Å². The highest BCUT2D eigenvalue weighted by Gasteiger charge is 2.30. The Bertz CT molecular complexity index is 359. The van der Waals surface area contributed by atoms with E-state index >= 15 is 0 Å². The fourth-order valence-electron chi connectivity index (χ4n) is 1.88. The van der Waals surface area contributed by atoms with Crippen molar-refractivity contribution in [1.29, 1.82) is 0 Å². The second-order valence-corrected chi connectivity index (χ2v) is 5.57. The van der Waals surface area contributed by atoms with Gasteiger partial charge in [0.15, 0.2) is 0 Å². The van der Waals surface area contributed by atoms with Crippen molar-refractivity contribution in [3.63, 3.8) is 0 Å². The smallest absolute Gasteiger partial charge is 0.0950 e. The third-order valence-corrected chi connectivity index (χ3v) is 3.81. The van der Waals surface area contributed by atoms with E-state index in [0.29, 0.717) is 0 Å². The van der Waals surface area contributed by atoms with Crippen LogP contribution in [0, 0.1) is 0 Å². The van der Waals surface area contributed by atoms with Crippen LogP contribution in [-0.2, 0) is 4.74 Å². The van der Waals surface area contributed by atoms with Gasteiger partial charge in [-0.05, 0) is 31.0 Å². The molecule has 1 fully saturated rings. The van der Waals surface area contributed by atoms with Crippen LogP contribution in [0.3, 0.4) is 0 Å². The Morgan fingerprint density at radius 2 is 2.38 bits per heavy atom. The first-order valence-electron chi connectivity index (χ1n) is 5.75. The van der Waals surface area contributed by atoms with Crippen LogP contribution in [0.1, 0.15) is 31.9 Å². The third-order valence-electron chi connectivity index (χ3n) is 3.32. The number of hydrogen-bond donors (Lipinski definition) is 1. The van der Waals surface area contributed by atoms with E-state index < -0.39 is 0 Å². The second kappa shape index (κ2) is 4.86. The number of rotatable bonds is 2. The van der Waals surface area contributed by atoms with Crippen molar-refractivity contribution in [3.8, 4) is 0 Å². The highest BCUT2D eigenvalue weighted by molar-refractivity contribution is 9.10. The molecule has 1 N–H and O–H groups in total. The van der Waals surface area contributed by atoms with Crippen molar-refractivity contribution >= 4 is 15.9 Å². The molecule has 1 aliphatic heterocycles. The fourth-order valence-corrected chi connectivity index (χ4v) is 2.30. The highest BCUT2D eigenvalue weighted by atomic mass is 79.9. The van der Waals surface area contributed by atoms with E-state index in [1.165, 1.54) is 5.56 Å². The van der Waals surface area contributed by atoms with E-state index in [2.05, 4.69) is 53.3 Å². The Morgan fingerprint density at radius 3 is 2.94 bits per heavy atom. The summed E-state index contributed by atoms with van der Waals surface area (Å²) in [5.74, 6) is 0. The summed E-state index contributed by atoms with van der Waals surface area (Å²) < 4.78 is 7.05. The Labute approximate surface area is 106 Å². The Morgan fingerprint density at radius 1 is 1.56 bits per heavy atom. The second-order valence-electron chi connectivity index (χ2n) is 4.65. The van der Waals surface area contributed by atoms with Gasteiger partial charge in [-0.1, -0.05) is 35.0 Å². The maximum atomic E-state index is 5.94. The Kier molecular flexibility index (Phi) is 3.67. The van der Waals surface area contributed by atoms with Gasteiger partial charge in [0.2, 0.25) is 0 Å². The van der Waals surface area contributed by atoms with Crippen molar-refractivity contribution in [2.45, 2.75) is 31.9 Å². The molecule has 0 amide bonds. The average Bonchev–Trinajstić information content (AvgIpc) is 2.30. The quantitative estimate of drug-likeness (QED) is 0.900. The molecule has 2 nitrogen and oxygen atoms in total. The lowest BCUT2D eigenvalue weighted by atomic mass is 9.96. The largest absolute Gasteiger partial charge is 0.370 e. The zero-order chi connectivity index (χ0) is 11.6. The SMILES string of the molecule is CCC1(C)COC(c2cccc(Br)c2)CN1. The van der Waals surface area contributed by atoms with Gasteiger partial charge in [0.05, 0.1) is 12.7 Å². The molecule has 1 heterocycles. The maximum Gasteiger partial charge on any atom is 0.0950 e. The van der Waals surface area contributed by atoms with Crippen LogP contribution in [0.15, 0.2) is 28.7 Å². The molecule has 2 unspecified atom stereocenters. The maximum absolute atomic E-state index is 5.94. The summed E-state index contributed by atoms with van der Waals surface area (Å²) in [4.78, 5) is 0. The number of halogens is 1. The van der Waals surface area contributed by atoms with Gasteiger partial charge in [0, 0.05) is 16.6 Å². The minimum Gasteiger partial charge on any atom is -0.370 e. The van der Waals surface area contributed by atoms with Crippen molar-refractivity contribution < 1.29 is 4.74 Å². The molecule has 1 saturated heterocycles. The minimum atomic E-state index is 0.141. The van der Waals surface area contributed by atoms with Gasteiger partial charge in [-0.2, -0.15) is 0 Å². The van der Waals surface area contributed by atoms with Gasteiger partial charge in [-0.25, -0.2) is 0 Å². The molecular formula is C13H18BrNO. The van der Waals surface area contributed by atoms with Gasteiger partial charge in [0.25, 0.3) is 0 Å². The predicted molar refractivity (Wildman–Crippen MR) is 69.5 cm³/mol. The number of nitrogens with one attached hydrogen (secondary N) is 1. The Balaban J connectivity index is 2.04. The van der Waals surface area contributed by atoms with Crippen LogP contribution in [0.25, 0.3) is 0 Å². The van der Waals surface area contributed by atoms with Crippen molar-refractivity contribution in [2.75, 3.05) is 13.2 Å². The normalized spacial score (nSPS) is 30.3. The van der Waals surface area contributed by atoms with Crippen molar-refractivity contribution in [3.05, 3.63) is 34.3 Å². The summed E-state index contributed by atoms with van der Waals surface area (Å²) in [7, 11) is 0. The molecular weight excluding hydrogens is 266 g/mol. The summed E-state index contributed by atoms with van der Waals surface area (Å²) in [6.45, 7) is 6.07. The van der Waals surface area contributed by atoms with Crippen LogP contribution in [0.4, 0.5) is 0 Å². The molecule has 0 radical (unpaired) electrons. The molecule has 2 rings (SSSR count). The number of ether oxygens (including phenoxy) is 1. The van der Waals surface area contributed by atoms with Crippen LogP contribution in [0.2, 0.25) is 0 Å². The highest BCUT2D eigenvalue weighted by Crippen LogP contribution is 2.26. The van der Waals surface area contributed by atoms with Crippen molar-refractivity contribution in [2.24, 2.45) is 0 Å². The third kappa shape index (κ3) is 2.65. The number of hydrogen-bond acceptors (Lipinski definition) is 2. The monoisotopic (exact) mass is 283 g/mol. The lowest BCUT2D eigenvalue weighted by Gasteiger charge is -2.38. The number of morpholine rings is 1. The molecule has 2 atom stereocenters. The molecule has 0 saturated carbocycles. The lowest BCUT2D eigenvalue weighted by molar-refractivity contribution is -0.0299. The first kappa shape index (κ1) is 12.1. The molecule has 88 valence electrons. The summed E-state index contributed by atoms with van der Waals surface area (Å²) in [5, 5.41) is 3.57. The molecule has 16 heavy (non-hydrogen) atoms. The summed E-state index contributed by atoms with van der Waals surface area (Å²) >= 11 is 3.49. The standard InChI is InChI=1S/C13H18BrNO/c1-3-13(2)9-16-12(8-15-13)10-5-4-6-11(14)7-10/h4-7,12,15H,3,8-9H2,1-2H3. The molecule has 0 spiro atoms. The van der Waals surface area contributed by atoms with E-state index in [9.17, 15) is 0 Å². The number of benzene rings is 1. The Hall–Kier alpha value is -0.380. The van der Waals surface area contributed by atoms with E-state index in [0.717, 1.165) is 24.0 Å². The van der Waals surface area contributed by atoms with Gasteiger partial charge >= 0.3 is 0 Å². The average molecular weight is 284 g/mol. The molecule has 1 aromatic carbocycles. The van der Waals surface area contributed by atoms with E-state index in [-0.39, 0.29) is 11.6 Å². The van der Waals surface area contributed by atoms with Gasteiger partial charge < -0.3 is 10.1 Å². The predicted octanol–water partition coefficient (Wildman–Crippen LogP) is 3.28. The van der Waals surface area contributed by atoms with Crippen molar-refractivity contribution in [1.82, 2.24) is 5.32 Å². The van der Waals surface area contributed by atoms with Crippen LogP contribution < -0.4 is 5.32 Å². The lowest BCUT2D eigenvalue weighted by Crippen LogP contribution is -2.52. The zero-order valence-electron chi connectivity index (χ0n) is 9.79. The molecule has 0 aromatic heterocycles. The molecule has 0 aliphatic carbocycles. The molecule has 0 bridgehead atoms. The first-order valence-corrected chi connectivity index (χ1v) is 6.54. The van der Waals surface area contributed by atoms with E-state index in [4.69, 9.17) is 4.74 Å². The van der Waals surface area contributed by atoms with Gasteiger partial charge in [0.1, 0.15) is 0 Å². The molecule has 1 aliphatic rings. The topological polar surface area (TPSA) is 21.3 Å². The van der Waals surface area contributed by atoms with Crippen LogP contribution in [-0.4, -0.2) is 18.7 Å². The minimum absolute atomic E-state index is 0.141. The molecule has 3 heteroatoms. The summed E-state index contributed by atoms with van der Waals surface area (Å²) in [6, 6.07) is 8.33. The van der Waals surface area contributed by atoms with Crippen LogP contribution in [0.5, 0.6) is 0 Å². The summed E-state index contributed by atoms with van der Waals surface area (Å²) in [6.07, 6.45) is 1.27. The van der Waals surface area contributed by atoms with Gasteiger partial charge in [-0.3, -0.25) is 0 Å². The zero-order valence-corrected chi connectivity index (χ0v) is 11.4. The fraction of sp³-hybridized carbons (Fsp3) is 0.538. The van der Waals surface area contributed by atoms with E-state index in [1.807, 2.05) is 6.07 Å². The summed E-state index contributed by atoms with van der Waals surface area (Å²) in [5.41, 5.74) is 1.38. The van der Waals surface area contributed by atoms with Crippen LogP contribution >= 0.6 is 15.9 Å². The first-order chi connectivity index (χ1) is 7.63.